The first-order valence-corrected chi connectivity index (χ1v) is 11.1. The molecule has 1 aliphatic heterocycles. The number of rotatable bonds is 10. The lowest BCUT2D eigenvalue weighted by Crippen LogP contribution is -2.28. The summed E-state index contributed by atoms with van der Waals surface area (Å²) in [6.07, 6.45) is 1.56. The maximum Gasteiger partial charge on any atom is 0.338 e. The summed E-state index contributed by atoms with van der Waals surface area (Å²) >= 11 is 0. The highest BCUT2D eigenvalue weighted by Gasteiger charge is 2.36. The molecule has 35 heavy (non-hydrogen) atoms. The molecule has 1 atom stereocenters. The van der Waals surface area contributed by atoms with E-state index < -0.39 is 35.3 Å². The molecule has 184 valence electrons. The second-order valence-corrected chi connectivity index (χ2v) is 7.91. The second kappa shape index (κ2) is 11.7. The van der Waals surface area contributed by atoms with Crippen molar-refractivity contribution >= 4 is 40.8 Å². The molecule has 1 aliphatic rings. The number of ether oxygens (including phenoxy) is 2. The number of nitro benzene ring substituents is 1. The number of nitro groups is 1. The highest BCUT2D eigenvalue weighted by Crippen LogP contribution is 2.28. The van der Waals surface area contributed by atoms with Crippen LogP contribution in [0.3, 0.4) is 0 Å². The number of hydrogen-bond donors (Lipinski definition) is 1. The monoisotopic (exact) mass is 483 g/mol. The lowest BCUT2D eigenvalue weighted by atomic mass is 10.1. The quantitative estimate of drug-likeness (QED) is 0.235. The van der Waals surface area contributed by atoms with Crippen molar-refractivity contribution in [3.05, 3.63) is 64.2 Å². The van der Waals surface area contributed by atoms with Crippen molar-refractivity contribution in [3.63, 3.8) is 0 Å². The molecule has 1 heterocycles. The van der Waals surface area contributed by atoms with E-state index in [2.05, 4.69) is 5.32 Å². The zero-order valence-corrected chi connectivity index (χ0v) is 19.1. The van der Waals surface area contributed by atoms with E-state index in [0.717, 1.165) is 12.8 Å². The Kier molecular flexibility index (Phi) is 8.49. The number of esters is 2. The number of hydrogen-bond acceptors (Lipinski definition) is 8. The van der Waals surface area contributed by atoms with E-state index >= 15 is 0 Å². The smallest absolute Gasteiger partial charge is 0.338 e. The van der Waals surface area contributed by atoms with Gasteiger partial charge in [-0.1, -0.05) is 19.4 Å². The summed E-state index contributed by atoms with van der Waals surface area (Å²) in [6.45, 7) is 1.77. The van der Waals surface area contributed by atoms with Gasteiger partial charge in [0.25, 0.3) is 11.6 Å². The van der Waals surface area contributed by atoms with Gasteiger partial charge in [-0.05, 0) is 36.8 Å². The summed E-state index contributed by atoms with van der Waals surface area (Å²) < 4.78 is 10.2. The van der Waals surface area contributed by atoms with Crippen LogP contribution in [0.25, 0.3) is 0 Å². The molecule has 2 aromatic rings. The maximum absolute atomic E-state index is 12.4. The van der Waals surface area contributed by atoms with Crippen molar-refractivity contribution in [2.24, 2.45) is 5.92 Å². The first-order chi connectivity index (χ1) is 16.8. The van der Waals surface area contributed by atoms with Crippen LogP contribution in [0.15, 0.2) is 48.5 Å². The highest BCUT2D eigenvalue weighted by atomic mass is 16.6. The summed E-state index contributed by atoms with van der Waals surface area (Å²) in [5, 5.41) is 13.5. The predicted octanol–water partition coefficient (Wildman–Crippen LogP) is 3.09. The Morgan fingerprint density at radius 1 is 1.14 bits per heavy atom. The van der Waals surface area contributed by atoms with E-state index in [9.17, 15) is 29.3 Å². The Hall–Kier alpha value is -4.28. The molecule has 0 aromatic heterocycles. The van der Waals surface area contributed by atoms with Crippen molar-refractivity contribution in [1.29, 1.82) is 0 Å². The topological polar surface area (TPSA) is 145 Å². The fourth-order valence-electron chi connectivity index (χ4n) is 3.42. The molecule has 2 aromatic carbocycles. The molecule has 2 amide bonds. The zero-order chi connectivity index (χ0) is 25.4. The average molecular weight is 483 g/mol. The van der Waals surface area contributed by atoms with Crippen LogP contribution in [-0.4, -0.2) is 48.4 Å². The Bertz CT molecular complexity index is 1120. The summed E-state index contributed by atoms with van der Waals surface area (Å²) in [5.74, 6) is -2.92. The van der Waals surface area contributed by atoms with Crippen molar-refractivity contribution in [2.75, 3.05) is 30.0 Å². The molecule has 0 aliphatic carbocycles. The van der Waals surface area contributed by atoms with Crippen LogP contribution in [0.5, 0.6) is 0 Å². The number of nitrogens with one attached hydrogen (secondary N) is 1. The molecule has 1 fully saturated rings. The van der Waals surface area contributed by atoms with Crippen LogP contribution in [0.1, 0.15) is 36.5 Å². The van der Waals surface area contributed by atoms with E-state index in [-0.39, 0.29) is 24.6 Å². The fourth-order valence-corrected chi connectivity index (χ4v) is 3.42. The molecule has 0 unspecified atom stereocenters. The zero-order valence-electron chi connectivity index (χ0n) is 19.1. The molecule has 11 nitrogen and oxygen atoms in total. The second-order valence-electron chi connectivity index (χ2n) is 7.91. The molecule has 0 radical (unpaired) electrons. The standard InChI is InChI=1S/C24H25N3O8/c1-2-3-11-34-23(30)16-7-9-18(10-8-16)25-21(28)15-35-24(31)17-12-22(29)26(14-17)19-5-4-6-20(13-19)27(32)33/h4-10,13,17H,2-3,11-12,14-15H2,1H3,(H,25,28)/t17-/m0/s1. The number of nitrogens with zero attached hydrogens (tertiary/aromatic N) is 2. The number of unbranched alkanes of at least 4 members (excludes halogenated alkanes) is 1. The molecule has 11 heteroatoms. The number of anilines is 2. The van der Waals surface area contributed by atoms with Gasteiger partial charge in [0.1, 0.15) is 0 Å². The SMILES string of the molecule is CCCCOC(=O)c1ccc(NC(=O)COC(=O)[C@H]2CC(=O)N(c3cccc([N+](=O)[O-])c3)C2)cc1. The first kappa shape index (κ1) is 25.3. The van der Waals surface area contributed by atoms with Gasteiger partial charge >= 0.3 is 11.9 Å². The third kappa shape index (κ3) is 6.85. The van der Waals surface area contributed by atoms with Gasteiger partial charge < -0.3 is 19.7 Å². The summed E-state index contributed by atoms with van der Waals surface area (Å²) in [5.41, 5.74) is 0.906. The molecular formula is C24H25N3O8. The van der Waals surface area contributed by atoms with E-state index in [1.165, 1.54) is 47.4 Å². The number of amides is 2. The number of carbonyl (C=O) groups is 4. The normalized spacial score (nSPS) is 14.9. The molecule has 0 saturated carbocycles. The van der Waals surface area contributed by atoms with Gasteiger partial charge in [0.15, 0.2) is 6.61 Å². The summed E-state index contributed by atoms with van der Waals surface area (Å²) in [7, 11) is 0. The Balaban J connectivity index is 1.47. The van der Waals surface area contributed by atoms with E-state index in [1.807, 2.05) is 6.92 Å². The van der Waals surface area contributed by atoms with Gasteiger partial charge in [-0.25, -0.2) is 4.79 Å². The molecular weight excluding hydrogens is 458 g/mol. The molecule has 0 bridgehead atoms. The van der Waals surface area contributed by atoms with Crippen molar-refractivity contribution in [1.82, 2.24) is 0 Å². The Labute approximate surface area is 201 Å². The van der Waals surface area contributed by atoms with Gasteiger partial charge in [0, 0.05) is 30.8 Å². The molecule has 0 spiro atoms. The van der Waals surface area contributed by atoms with Crippen LogP contribution in [0, 0.1) is 16.0 Å². The van der Waals surface area contributed by atoms with Gasteiger partial charge in [0.2, 0.25) is 5.91 Å². The minimum atomic E-state index is -0.799. The first-order valence-electron chi connectivity index (χ1n) is 11.1. The summed E-state index contributed by atoms with van der Waals surface area (Å²) in [4.78, 5) is 60.5. The number of benzene rings is 2. The van der Waals surface area contributed by atoms with Crippen molar-refractivity contribution in [3.8, 4) is 0 Å². The van der Waals surface area contributed by atoms with Crippen molar-refractivity contribution in [2.45, 2.75) is 26.2 Å². The molecule has 1 saturated heterocycles. The Morgan fingerprint density at radius 2 is 1.89 bits per heavy atom. The maximum atomic E-state index is 12.4. The minimum absolute atomic E-state index is 0.00370. The number of non-ortho nitro benzene ring substituents is 1. The fraction of sp³-hybridized carbons (Fsp3) is 0.333. The lowest BCUT2D eigenvalue weighted by Gasteiger charge is -2.16. The van der Waals surface area contributed by atoms with E-state index in [1.54, 1.807) is 6.07 Å². The van der Waals surface area contributed by atoms with E-state index in [4.69, 9.17) is 9.47 Å². The molecule has 1 N–H and O–H groups in total. The van der Waals surface area contributed by atoms with Crippen LogP contribution in [0.2, 0.25) is 0 Å². The van der Waals surface area contributed by atoms with Crippen LogP contribution in [-0.2, 0) is 23.9 Å². The third-order valence-electron chi connectivity index (χ3n) is 5.29. The lowest BCUT2D eigenvalue weighted by molar-refractivity contribution is -0.384. The van der Waals surface area contributed by atoms with Crippen LogP contribution < -0.4 is 10.2 Å². The number of carbonyl (C=O) groups excluding carboxylic acids is 4. The van der Waals surface area contributed by atoms with Gasteiger partial charge in [-0.2, -0.15) is 0 Å². The van der Waals surface area contributed by atoms with E-state index in [0.29, 0.717) is 23.5 Å². The van der Waals surface area contributed by atoms with Gasteiger partial charge in [0.05, 0.1) is 28.7 Å². The largest absolute Gasteiger partial charge is 0.462 e. The van der Waals surface area contributed by atoms with Crippen LogP contribution in [0.4, 0.5) is 17.1 Å². The van der Waals surface area contributed by atoms with Crippen molar-refractivity contribution < 1.29 is 33.6 Å². The van der Waals surface area contributed by atoms with Gasteiger partial charge in [-0.15, -0.1) is 0 Å². The minimum Gasteiger partial charge on any atom is -0.462 e. The highest BCUT2D eigenvalue weighted by molar-refractivity contribution is 6.00. The predicted molar refractivity (Wildman–Crippen MR) is 125 cm³/mol. The third-order valence-corrected chi connectivity index (χ3v) is 5.29. The van der Waals surface area contributed by atoms with Gasteiger partial charge in [-0.3, -0.25) is 24.5 Å². The Morgan fingerprint density at radius 3 is 2.57 bits per heavy atom. The summed E-state index contributed by atoms with van der Waals surface area (Å²) in [6, 6.07) is 11.7. The average Bonchev–Trinajstić information content (AvgIpc) is 3.25. The van der Waals surface area contributed by atoms with Crippen LogP contribution >= 0.6 is 0 Å². The molecule has 3 rings (SSSR count).